The van der Waals surface area contributed by atoms with Crippen LogP contribution in [0.15, 0.2) is 24.3 Å². The number of aliphatic hydroxyl groups excluding tert-OH is 2. The predicted octanol–water partition coefficient (Wildman–Crippen LogP) is 20.7. The van der Waals surface area contributed by atoms with E-state index in [0.29, 0.717) is 6.42 Å². The highest BCUT2D eigenvalue weighted by molar-refractivity contribution is 5.76. The van der Waals surface area contributed by atoms with Crippen molar-refractivity contribution in [1.82, 2.24) is 5.32 Å². The highest BCUT2D eigenvalue weighted by Crippen LogP contribution is 2.18. The Bertz CT molecular complexity index is 978. The van der Waals surface area contributed by atoms with Gasteiger partial charge in [0.2, 0.25) is 5.91 Å². The molecule has 4 heteroatoms. The maximum atomic E-state index is 12.5. The third-order valence-corrected chi connectivity index (χ3v) is 14.7. The second-order valence-electron chi connectivity index (χ2n) is 21.5. The van der Waals surface area contributed by atoms with E-state index in [4.69, 9.17) is 0 Å². The van der Waals surface area contributed by atoms with E-state index >= 15 is 0 Å². The van der Waals surface area contributed by atoms with Crippen molar-refractivity contribution in [3.63, 3.8) is 0 Å². The molecule has 0 aliphatic rings. The number of allylic oxidation sites excluding steroid dienone is 3. The molecule has 0 saturated heterocycles. The topological polar surface area (TPSA) is 69.6 Å². The Morgan fingerprint density at radius 1 is 0.343 bits per heavy atom. The fraction of sp³-hybridized carbons (Fsp3) is 0.921. The number of hydrogen-bond donors (Lipinski definition) is 3. The van der Waals surface area contributed by atoms with Gasteiger partial charge in [-0.25, -0.2) is 0 Å². The van der Waals surface area contributed by atoms with Crippen molar-refractivity contribution >= 4 is 5.91 Å². The van der Waals surface area contributed by atoms with Gasteiger partial charge < -0.3 is 15.5 Å². The first-order valence-corrected chi connectivity index (χ1v) is 31.1. The van der Waals surface area contributed by atoms with Gasteiger partial charge >= 0.3 is 0 Å². The molecule has 0 aromatic heterocycles. The van der Waals surface area contributed by atoms with Crippen molar-refractivity contribution in [3.05, 3.63) is 24.3 Å². The minimum absolute atomic E-state index is 0.0671. The van der Waals surface area contributed by atoms with Crippen LogP contribution in [-0.4, -0.2) is 34.9 Å². The number of carbonyl (C=O) groups excluding carboxylic acids is 1. The van der Waals surface area contributed by atoms with Crippen LogP contribution in [0.4, 0.5) is 0 Å². The highest BCUT2D eigenvalue weighted by Gasteiger charge is 2.18. The maximum absolute atomic E-state index is 12.5. The van der Waals surface area contributed by atoms with Crippen LogP contribution in [0.5, 0.6) is 0 Å². The van der Waals surface area contributed by atoms with E-state index in [1.807, 2.05) is 6.08 Å². The Labute approximate surface area is 421 Å². The van der Waals surface area contributed by atoms with Crippen LogP contribution in [0.25, 0.3) is 0 Å². The van der Waals surface area contributed by atoms with Gasteiger partial charge in [-0.2, -0.15) is 0 Å². The largest absolute Gasteiger partial charge is 0.394 e. The van der Waals surface area contributed by atoms with Gasteiger partial charge in [-0.3, -0.25) is 4.79 Å². The molecule has 4 nitrogen and oxygen atoms in total. The molecule has 0 heterocycles. The molecule has 0 aromatic rings. The molecular weight excluding hydrogens is 819 g/mol. The van der Waals surface area contributed by atoms with Crippen LogP contribution in [0.1, 0.15) is 354 Å². The fourth-order valence-electron chi connectivity index (χ4n) is 9.97. The van der Waals surface area contributed by atoms with Crippen molar-refractivity contribution in [2.75, 3.05) is 6.61 Å². The number of nitrogens with one attached hydrogen (secondary N) is 1. The van der Waals surface area contributed by atoms with Gasteiger partial charge in [0.1, 0.15) is 0 Å². The second-order valence-corrected chi connectivity index (χ2v) is 21.5. The SMILES string of the molecule is CCCCCCCCCCC/C=C/CC/C=C/C(O)C(CO)NC(=O)CCCCCCCCCCCCCCCCCCCCCCCCCCCCCCCCCCCCCCCCCC. The second kappa shape index (κ2) is 59.2. The lowest BCUT2D eigenvalue weighted by Crippen LogP contribution is -2.45. The third kappa shape index (κ3) is 55.7. The zero-order chi connectivity index (χ0) is 48.5. The van der Waals surface area contributed by atoms with Crippen molar-refractivity contribution in [2.45, 2.75) is 366 Å². The van der Waals surface area contributed by atoms with Crippen molar-refractivity contribution in [1.29, 1.82) is 0 Å². The van der Waals surface area contributed by atoms with Crippen LogP contribution < -0.4 is 5.32 Å². The lowest BCUT2D eigenvalue weighted by Gasteiger charge is -2.19. The van der Waals surface area contributed by atoms with Crippen LogP contribution in [0.2, 0.25) is 0 Å². The highest BCUT2D eigenvalue weighted by atomic mass is 16.3. The van der Waals surface area contributed by atoms with Crippen LogP contribution >= 0.6 is 0 Å². The summed E-state index contributed by atoms with van der Waals surface area (Å²) in [6.45, 7) is 4.33. The predicted molar refractivity (Wildman–Crippen MR) is 299 cm³/mol. The summed E-state index contributed by atoms with van der Waals surface area (Å²) in [6, 6.07) is -0.636. The molecule has 0 bridgehead atoms. The average molecular weight is 943 g/mol. The minimum Gasteiger partial charge on any atom is -0.394 e. The third-order valence-electron chi connectivity index (χ3n) is 14.7. The smallest absolute Gasteiger partial charge is 0.220 e. The molecule has 1 amide bonds. The zero-order valence-corrected chi connectivity index (χ0v) is 46.0. The Hall–Kier alpha value is -1.13. The summed E-state index contributed by atoms with van der Waals surface area (Å²) in [5, 5.41) is 23.1. The Kier molecular flexibility index (Phi) is 58.2. The molecule has 2 unspecified atom stereocenters. The molecule has 3 N–H and O–H groups in total. The van der Waals surface area contributed by atoms with E-state index in [1.165, 1.54) is 302 Å². The van der Waals surface area contributed by atoms with Crippen molar-refractivity contribution < 1.29 is 15.0 Å². The van der Waals surface area contributed by atoms with E-state index in [0.717, 1.165) is 32.1 Å². The minimum atomic E-state index is -0.859. The molecule has 0 aliphatic heterocycles. The van der Waals surface area contributed by atoms with E-state index < -0.39 is 12.1 Å². The number of aliphatic hydroxyl groups is 2. The van der Waals surface area contributed by atoms with Gasteiger partial charge in [0.05, 0.1) is 18.8 Å². The van der Waals surface area contributed by atoms with Gasteiger partial charge in [-0.05, 0) is 32.1 Å². The summed E-state index contributed by atoms with van der Waals surface area (Å²) in [6.07, 6.45) is 79.7. The van der Waals surface area contributed by atoms with Gasteiger partial charge in [0.25, 0.3) is 0 Å². The first-order valence-electron chi connectivity index (χ1n) is 31.1. The van der Waals surface area contributed by atoms with Crippen LogP contribution in [0, 0.1) is 0 Å². The average Bonchev–Trinajstić information content (AvgIpc) is 3.33. The standard InChI is InChI=1S/C63H123NO3/c1-3-5-7-9-11-13-15-17-19-20-21-22-23-24-25-26-27-28-29-30-31-32-33-34-35-36-37-38-39-40-41-42-43-45-47-49-51-53-55-57-59-63(67)64-61(60-65)62(66)58-56-54-52-50-48-46-44-18-16-14-12-10-8-6-4-2/h48,50,56,58,61-62,65-66H,3-47,49,51-55,57,59-60H2,1-2H3,(H,64,67)/b50-48+,58-56+. The molecule has 67 heavy (non-hydrogen) atoms. The summed E-state index contributed by atoms with van der Waals surface area (Å²) in [7, 11) is 0. The summed E-state index contributed by atoms with van der Waals surface area (Å²) in [5.74, 6) is -0.0671. The maximum Gasteiger partial charge on any atom is 0.220 e. The Morgan fingerprint density at radius 2 is 0.582 bits per heavy atom. The quantitative estimate of drug-likeness (QED) is 0.0420. The normalized spacial score (nSPS) is 12.8. The monoisotopic (exact) mass is 942 g/mol. The molecule has 0 aromatic carbocycles. The molecule has 0 fully saturated rings. The van der Waals surface area contributed by atoms with Gasteiger partial charge in [-0.15, -0.1) is 0 Å². The summed E-state index contributed by atoms with van der Waals surface area (Å²) in [5.41, 5.74) is 0. The molecule has 2 atom stereocenters. The lowest BCUT2D eigenvalue weighted by molar-refractivity contribution is -0.123. The molecule has 0 saturated carbocycles. The summed E-state index contributed by atoms with van der Waals surface area (Å²) in [4.78, 5) is 12.5. The van der Waals surface area contributed by atoms with E-state index in [2.05, 4.69) is 31.3 Å². The number of amides is 1. The lowest BCUT2D eigenvalue weighted by atomic mass is 10.0. The summed E-state index contributed by atoms with van der Waals surface area (Å²) >= 11 is 0. The van der Waals surface area contributed by atoms with E-state index in [1.54, 1.807) is 6.08 Å². The number of rotatable bonds is 58. The van der Waals surface area contributed by atoms with E-state index in [-0.39, 0.29) is 12.5 Å². The van der Waals surface area contributed by atoms with Gasteiger partial charge in [0, 0.05) is 6.42 Å². The number of carbonyl (C=O) groups is 1. The number of unbranched alkanes of at least 4 members (excludes halogenated alkanes) is 49. The van der Waals surface area contributed by atoms with Crippen molar-refractivity contribution in [2.24, 2.45) is 0 Å². The van der Waals surface area contributed by atoms with E-state index in [9.17, 15) is 15.0 Å². The molecule has 0 spiro atoms. The fourth-order valence-corrected chi connectivity index (χ4v) is 9.97. The zero-order valence-electron chi connectivity index (χ0n) is 46.0. The molecule has 0 radical (unpaired) electrons. The molecule has 0 aliphatic carbocycles. The summed E-state index contributed by atoms with van der Waals surface area (Å²) < 4.78 is 0. The van der Waals surface area contributed by atoms with Crippen LogP contribution in [-0.2, 0) is 4.79 Å². The van der Waals surface area contributed by atoms with Crippen LogP contribution in [0.3, 0.4) is 0 Å². The first kappa shape index (κ1) is 65.9. The Balaban J connectivity index is 3.36. The molecular formula is C63H123NO3. The molecule has 398 valence electrons. The first-order chi connectivity index (χ1) is 33.2. The van der Waals surface area contributed by atoms with Gasteiger partial charge in [-0.1, -0.05) is 340 Å². The van der Waals surface area contributed by atoms with Gasteiger partial charge in [0.15, 0.2) is 0 Å². The Morgan fingerprint density at radius 3 is 0.866 bits per heavy atom. The number of hydrogen-bond acceptors (Lipinski definition) is 3. The molecule has 0 rings (SSSR count). The van der Waals surface area contributed by atoms with Crippen molar-refractivity contribution in [3.8, 4) is 0 Å².